The molecule has 3 saturated carbocycles. The van der Waals surface area contributed by atoms with Crippen molar-refractivity contribution in [3.8, 4) is 0 Å². The highest BCUT2D eigenvalue weighted by Gasteiger charge is 2.53. The minimum Gasteiger partial charge on any atom is -0.317 e. The van der Waals surface area contributed by atoms with Crippen LogP contribution in [0.1, 0.15) is 33.1 Å². The fraction of sp³-hybridized carbons (Fsp3) is 1.00. The van der Waals surface area contributed by atoms with E-state index in [4.69, 9.17) is 5.21 Å². The van der Waals surface area contributed by atoms with E-state index < -0.39 is 0 Å². The first-order valence-electron chi connectivity index (χ1n) is 5.03. The van der Waals surface area contributed by atoms with Crippen molar-refractivity contribution in [1.82, 2.24) is 5.48 Å². The average molecular weight is 169 g/mol. The lowest BCUT2D eigenvalue weighted by molar-refractivity contribution is -0.109. The van der Waals surface area contributed by atoms with E-state index in [-0.39, 0.29) is 0 Å². The highest BCUT2D eigenvalue weighted by atomic mass is 16.5. The van der Waals surface area contributed by atoms with E-state index in [0.29, 0.717) is 5.41 Å². The number of nitrogens with one attached hydrogen (secondary N) is 1. The van der Waals surface area contributed by atoms with E-state index in [0.717, 1.165) is 24.3 Å². The SMILES string of the molecule is CC1(C)[C@@H]2CCC(CNO)[C@H]1C2. The Hall–Kier alpha value is -0.0800. The van der Waals surface area contributed by atoms with Crippen LogP contribution < -0.4 is 5.48 Å². The highest BCUT2D eigenvalue weighted by molar-refractivity contribution is 5.03. The van der Waals surface area contributed by atoms with Gasteiger partial charge in [0.15, 0.2) is 0 Å². The molecule has 0 radical (unpaired) electrons. The molecule has 3 aliphatic rings. The number of rotatable bonds is 2. The molecule has 0 heterocycles. The Labute approximate surface area is 74.3 Å². The van der Waals surface area contributed by atoms with Gasteiger partial charge >= 0.3 is 0 Å². The molecule has 3 fully saturated rings. The molecular formula is C10H19NO. The standard InChI is InChI=1S/C10H19NO/c1-10(2)8-4-3-7(6-11-12)9(10)5-8/h7-9,11-12H,3-6H2,1-2H3/t7?,8-,9-/m1/s1. The van der Waals surface area contributed by atoms with Crippen molar-refractivity contribution in [2.45, 2.75) is 33.1 Å². The van der Waals surface area contributed by atoms with Crippen molar-refractivity contribution < 1.29 is 5.21 Å². The third kappa shape index (κ3) is 1.01. The van der Waals surface area contributed by atoms with Crippen LogP contribution in [0.2, 0.25) is 0 Å². The lowest BCUT2D eigenvalue weighted by atomic mass is 9.45. The molecule has 1 unspecified atom stereocenters. The minimum atomic E-state index is 0.555. The number of hydroxylamine groups is 1. The molecule has 3 aliphatic carbocycles. The first-order valence-corrected chi connectivity index (χ1v) is 5.03. The molecule has 2 heteroatoms. The molecule has 0 aromatic heterocycles. The predicted octanol–water partition coefficient (Wildman–Crippen LogP) is 2.04. The Morgan fingerprint density at radius 2 is 2.17 bits per heavy atom. The van der Waals surface area contributed by atoms with Crippen molar-refractivity contribution in [2.24, 2.45) is 23.2 Å². The van der Waals surface area contributed by atoms with Gasteiger partial charge in [-0.25, -0.2) is 5.48 Å². The van der Waals surface area contributed by atoms with Crippen molar-refractivity contribution in [2.75, 3.05) is 6.54 Å². The predicted molar refractivity (Wildman–Crippen MR) is 47.9 cm³/mol. The van der Waals surface area contributed by atoms with Crippen LogP contribution in [0, 0.1) is 23.2 Å². The fourth-order valence-corrected chi connectivity index (χ4v) is 3.32. The van der Waals surface area contributed by atoms with E-state index in [1.165, 1.54) is 19.3 Å². The summed E-state index contributed by atoms with van der Waals surface area (Å²) in [6.45, 7) is 5.56. The minimum absolute atomic E-state index is 0.555. The maximum atomic E-state index is 8.67. The molecule has 2 bridgehead atoms. The van der Waals surface area contributed by atoms with Crippen LogP contribution in [0.3, 0.4) is 0 Å². The monoisotopic (exact) mass is 169 g/mol. The topological polar surface area (TPSA) is 32.3 Å². The summed E-state index contributed by atoms with van der Waals surface area (Å²) in [7, 11) is 0. The molecule has 12 heavy (non-hydrogen) atoms. The maximum absolute atomic E-state index is 8.67. The van der Waals surface area contributed by atoms with E-state index >= 15 is 0 Å². The van der Waals surface area contributed by atoms with Crippen LogP contribution in [0.25, 0.3) is 0 Å². The third-order valence-corrected chi connectivity index (χ3v) is 4.35. The van der Waals surface area contributed by atoms with Gasteiger partial charge in [0.2, 0.25) is 0 Å². The van der Waals surface area contributed by atoms with Gasteiger partial charge in [0.05, 0.1) is 0 Å². The quantitative estimate of drug-likeness (QED) is 0.620. The van der Waals surface area contributed by atoms with E-state index in [1.54, 1.807) is 0 Å². The molecule has 0 amide bonds. The number of hydrogen-bond acceptors (Lipinski definition) is 2. The molecule has 2 nitrogen and oxygen atoms in total. The molecule has 0 spiro atoms. The zero-order valence-corrected chi connectivity index (χ0v) is 8.01. The van der Waals surface area contributed by atoms with Gasteiger partial charge in [-0.3, -0.25) is 0 Å². The van der Waals surface area contributed by atoms with Crippen molar-refractivity contribution in [1.29, 1.82) is 0 Å². The molecule has 2 N–H and O–H groups in total. The van der Waals surface area contributed by atoms with E-state index in [2.05, 4.69) is 19.3 Å². The molecule has 3 rings (SSSR count). The summed E-state index contributed by atoms with van der Waals surface area (Å²) in [4.78, 5) is 0. The van der Waals surface area contributed by atoms with Gasteiger partial charge in [-0.1, -0.05) is 13.8 Å². The third-order valence-electron chi connectivity index (χ3n) is 4.35. The lowest BCUT2D eigenvalue weighted by Crippen LogP contribution is -2.54. The summed E-state index contributed by atoms with van der Waals surface area (Å²) in [5, 5.41) is 8.67. The Bertz CT molecular complexity index is 175. The van der Waals surface area contributed by atoms with Crippen molar-refractivity contribution >= 4 is 0 Å². The van der Waals surface area contributed by atoms with Crippen LogP contribution in [-0.2, 0) is 0 Å². The van der Waals surface area contributed by atoms with E-state index in [9.17, 15) is 0 Å². The molecule has 0 aliphatic heterocycles. The molecule has 70 valence electrons. The first-order chi connectivity index (χ1) is 5.66. The Kier molecular flexibility index (Phi) is 1.92. The molecule has 0 aromatic rings. The Balaban J connectivity index is 2.01. The summed E-state index contributed by atoms with van der Waals surface area (Å²) in [6, 6.07) is 0. The molecular weight excluding hydrogens is 150 g/mol. The van der Waals surface area contributed by atoms with Crippen LogP contribution in [0.5, 0.6) is 0 Å². The largest absolute Gasteiger partial charge is 0.317 e. The molecule has 0 aromatic carbocycles. The van der Waals surface area contributed by atoms with Gasteiger partial charge in [-0.05, 0) is 42.4 Å². The smallest absolute Gasteiger partial charge is 0.0238 e. The summed E-state index contributed by atoms with van der Waals surface area (Å²) >= 11 is 0. The van der Waals surface area contributed by atoms with Gasteiger partial charge in [0, 0.05) is 6.54 Å². The van der Waals surface area contributed by atoms with Crippen molar-refractivity contribution in [3.63, 3.8) is 0 Å². The lowest BCUT2D eigenvalue weighted by Gasteiger charge is -2.60. The van der Waals surface area contributed by atoms with Gasteiger partial charge in [-0.15, -0.1) is 0 Å². The molecule has 0 saturated heterocycles. The van der Waals surface area contributed by atoms with Gasteiger partial charge in [-0.2, -0.15) is 0 Å². The Morgan fingerprint density at radius 3 is 2.67 bits per heavy atom. The van der Waals surface area contributed by atoms with Crippen LogP contribution in [-0.4, -0.2) is 11.8 Å². The van der Waals surface area contributed by atoms with Crippen molar-refractivity contribution in [3.05, 3.63) is 0 Å². The van der Waals surface area contributed by atoms with E-state index in [1.807, 2.05) is 0 Å². The van der Waals surface area contributed by atoms with Gasteiger partial charge in [0.25, 0.3) is 0 Å². The fourth-order valence-electron chi connectivity index (χ4n) is 3.32. The second-order valence-electron chi connectivity index (χ2n) is 5.06. The maximum Gasteiger partial charge on any atom is 0.0238 e. The van der Waals surface area contributed by atoms with Crippen LogP contribution in [0.4, 0.5) is 0 Å². The van der Waals surface area contributed by atoms with Gasteiger partial charge in [0.1, 0.15) is 0 Å². The first kappa shape index (κ1) is 8.52. The average Bonchev–Trinajstić information content (AvgIpc) is 2.05. The molecule has 3 atom stereocenters. The zero-order chi connectivity index (χ0) is 8.77. The van der Waals surface area contributed by atoms with Crippen LogP contribution in [0.15, 0.2) is 0 Å². The Morgan fingerprint density at radius 1 is 1.42 bits per heavy atom. The second kappa shape index (κ2) is 2.71. The second-order valence-corrected chi connectivity index (χ2v) is 5.06. The summed E-state index contributed by atoms with van der Waals surface area (Å²) in [5.41, 5.74) is 2.89. The number of hydrogen-bond donors (Lipinski definition) is 2. The summed E-state index contributed by atoms with van der Waals surface area (Å²) in [6.07, 6.45) is 4.08. The highest BCUT2D eigenvalue weighted by Crippen LogP contribution is 2.61. The summed E-state index contributed by atoms with van der Waals surface area (Å²) < 4.78 is 0. The normalized spacial score (nSPS) is 43.8. The zero-order valence-electron chi connectivity index (χ0n) is 8.01. The number of fused-ring (bicyclic) bond motifs is 2. The van der Waals surface area contributed by atoms with Gasteiger partial charge < -0.3 is 5.21 Å². The van der Waals surface area contributed by atoms with Crippen LogP contribution >= 0.6 is 0 Å². The summed E-state index contributed by atoms with van der Waals surface area (Å²) in [5.74, 6) is 2.54.